The molecule has 2 aromatic heterocycles. The fourth-order valence-corrected chi connectivity index (χ4v) is 3.84. The average Bonchev–Trinajstić information content (AvgIpc) is 3.16. The number of aliphatic hydroxyl groups excluding tert-OH is 1. The number of aromatic nitrogens is 5. The summed E-state index contributed by atoms with van der Waals surface area (Å²) in [6.07, 6.45) is 0.0626. The number of rotatable bonds is 4. The third-order valence-corrected chi connectivity index (χ3v) is 4.73. The van der Waals surface area contributed by atoms with E-state index >= 15 is 0 Å². The lowest BCUT2D eigenvalue weighted by Crippen LogP contribution is -2.31. The molecular weight excluding hydrogens is 326 g/mol. The SMILES string of the molecule is Cc1nc(C)c2nnn([C@@H]3C[C@H](OCCO)[C@H]4OC(C)(C)O[C@H]43)c2n1. The van der Waals surface area contributed by atoms with Crippen molar-refractivity contribution in [3.63, 3.8) is 0 Å². The van der Waals surface area contributed by atoms with E-state index in [0.717, 1.165) is 5.69 Å². The summed E-state index contributed by atoms with van der Waals surface area (Å²) < 4.78 is 19.8. The quantitative estimate of drug-likeness (QED) is 0.859. The molecule has 0 radical (unpaired) electrons. The lowest BCUT2D eigenvalue weighted by molar-refractivity contribution is -0.171. The molecule has 1 saturated carbocycles. The van der Waals surface area contributed by atoms with Crippen molar-refractivity contribution in [1.82, 2.24) is 25.0 Å². The Morgan fingerprint density at radius 2 is 2.00 bits per heavy atom. The highest BCUT2D eigenvalue weighted by atomic mass is 16.8. The Morgan fingerprint density at radius 3 is 2.76 bits per heavy atom. The van der Waals surface area contributed by atoms with E-state index in [4.69, 9.17) is 19.3 Å². The largest absolute Gasteiger partial charge is 0.394 e. The van der Waals surface area contributed by atoms with Gasteiger partial charge in [-0.05, 0) is 27.7 Å². The number of aryl methyl sites for hydroxylation is 2. The van der Waals surface area contributed by atoms with Crippen molar-refractivity contribution in [2.45, 2.75) is 64.3 Å². The van der Waals surface area contributed by atoms with Gasteiger partial charge in [0.05, 0.1) is 31.1 Å². The van der Waals surface area contributed by atoms with Crippen molar-refractivity contribution in [2.24, 2.45) is 0 Å². The highest BCUT2D eigenvalue weighted by Crippen LogP contribution is 2.45. The third kappa shape index (κ3) is 2.80. The predicted octanol–water partition coefficient (Wildman–Crippen LogP) is 0.681. The maximum Gasteiger partial charge on any atom is 0.182 e. The molecule has 1 aliphatic carbocycles. The monoisotopic (exact) mass is 349 g/mol. The van der Waals surface area contributed by atoms with E-state index in [2.05, 4.69) is 20.3 Å². The molecule has 9 heteroatoms. The summed E-state index contributed by atoms with van der Waals surface area (Å²) in [5.74, 6) is -0.00782. The smallest absolute Gasteiger partial charge is 0.182 e. The second-order valence-corrected chi connectivity index (χ2v) is 7.06. The molecule has 0 spiro atoms. The van der Waals surface area contributed by atoms with Gasteiger partial charge in [-0.3, -0.25) is 0 Å². The molecule has 4 rings (SSSR count). The van der Waals surface area contributed by atoms with E-state index in [-0.39, 0.29) is 37.6 Å². The molecule has 25 heavy (non-hydrogen) atoms. The van der Waals surface area contributed by atoms with Crippen LogP contribution in [0.4, 0.5) is 0 Å². The van der Waals surface area contributed by atoms with Crippen LogP contribution in [0.3, 0.4) is 0 Å². The van der Waals surface area contributed by atoms with Gasteiger partial charge in [0.25, 0.3) is 0 Å². The molecule has 3 heterocycles. The van der Waals surface area contributed by atoms with Gasteiger partial charge in [-0.1, -0.05) is 5.21 Å². The van der Waals surface area contributed by atoms with Gasteiger partial charge >= 0.3 is 0 Å². The highest BCUT2D eigenvalue weighted by molar-refractivity contribution is 5.72. The maximum absolute atomic E-state index is 9.08. The minimum absolute atomic E-state index is 0.0271. The van der Waals surface area contributed by atoms with Crippen LogP contribution >= 0.6 is 0 Å². The van der Waals surface area contributed by atoms with Crippen molar-refractivity contribution >= 4 is 11.2 Å². The zero-order chi connectivity index (χ0) is 17.8. The average molecular weight is 349 g/mol. The van der Waals surface area contributed by atoms with Gasteiger partial charge in [0, 0.05) is 6.42 Å². The molecule has 1 saturated heterocycles. The van der Waals surface area contributed by atoms with Crippen molar-refractivity contribution in [1.29, 1.82) is 0 Å². The highest BCUT2D eigenvalue weighted by Gasteiger charge is 2.56. The molecule has 0 bridgehead atoms. The van der Waals surface area contributed by atoms with Crippen molar-refractivity contribution in [3.05, 3.63) is 11.5 Å². The zero-order valence-corrected chi connectivity index (χ0v) is 14.8. The van der Waals surface area contributed by atoms with Crippen LogP contribution < -0.4 is 0 Å². The Kier molecular flexibility index (Phi) is 3.99. The number of hydrogen-bond donors (Lipinski definition) is 1. The Bertz CT molecular complexity index is 792. The summed E-state index contributed by atoms with van der Waals surface area (Å²) in [5.41, 5.74) is 2.20. The normalized spacial score (nSPS) is 30.9. The van der Waals surface area contributed by atoms with Crippen molar-refractivity contribution < 1.29 is 19.3 Å². The van der Waals surface area contributed by atoms with E-state index in [0.29, 0.717) is 23.4 Å². The standard InChI is InChI=1S/C16H23N5O4/c1-8-12-15(18-9(2)17-8)21(20-19-12)10-7-11(23-6-5-22)14-13(10)24-16(3,4)25-14/h10-11,13-14,22H,5-7H2,1-4H3/t10-,11+,13+,14-/m1/s1. The van der Waals surface area contributed by atoms with Crippen LogP contribution in [-0.2, 0) is 14.2 Å². The summed E-state index contributed by atoms with van der Waals surface area (Å²) in [7, 11) is 0. The molecule has 136 valence electrons. The third-order valence-electron chi connectivity index (χ3n) is 4.73. The van der Waals surface area contributed by atoms with E-state index in [9.17, 15) is 0 Å². The molecule has 2 aliphatic rings. The minimum Gasteiger partial charge on any atom is -0.394 e. The molecule has 9 nitrogen and oxygen atoms in total. The molecule has 2 fully saturated rings. The number of ether oxygens (including phenoxy) is 3. The van der Waals surface area contributed by atoms with Gasteiger partial charge in [-0.15, -0.1) is 5.10 Å². The van der Waals surface area contributed by atoms with Gasteiger partial charge < -0.3 is 19.3 Å². The van der Waals surface area contributed by atoms with Crippen LogP contribution in [0, 0.1) is 13.8 Å². The van der Waals surface area contributed by atoms with Gasteiger partial charge in [0.2, 0.25) is 0 Å². The molecular formula is C16H23N5O4. The summed E-state index contributed by atoms with van der Waals surface area (Å²) in [6.45, 7) is 7.78. The zero-order valence-electron chi connectivity index (χ0n) is 14.8. The topological polar surface area (TPSA) is 104 Å². The van der Waals surface area contributed by atoms with Crippen LogP contribution in [0.25, 0.3) is 11.2 Å². The molecule has 0 unspecified atom stereocenters. The fraction of sp³-hybridized carbons (Fsp3) is 0.750. The Balaban J connectivity index is 1.72. The van der Waals surface area contributed by atoms with E-state index in [1.165, 1.54) is 0 Å². The summed E-state index contributed by atoms with van der Waals surface area (Å²) >= 11 is 0. The minimum atomic E-state index is -0.688. The molecule has 2 aromatic rings. The van der Waals surface area contributed by atoms with Crippen LogP contribution in [0.1, 0.15) is 37.8 Å². The van der Waals surface area contributed by atoms with Crippen LogP contribution in [0.15, 0.2) is 0 Å². The molecule has 0 amide bonds. The maximum atomic E-state index is 9.08. The van der Waals surface area contributed by atoms with Gasteiger partial charge in [0.1, 0.15) is 18.0 Å². The fourth-order valence-electron chi connectivity index (χ4n) is 3.84. The number of aliphatic hydroxyl groups is 1. The molecule has 1 N–H and O–H groups in total. The van der Waals surface area contributed by atoms with Crippen LogP contribution in [-0.4, -0.2) is 67.4 Å². The van der Waals surface area contributed by atoms with E-state index in [1.54, 1.807) is 0 Å². The van der Waals surface area contributed by atoms with E-state index < -0.39 is 5.79 Å². The van der Waals surface area contributed by atoms with Gasteiger partial charge in [-0.2, -0.15) is 0 Å². The Morgan fingerprint density at radius 1 is 1.24 bits per heavy atom. The predicted molar refractivity (Wildman–Crippen MR) is 86.9 cm³/mol. The van der Waals surface area contributed by atoms with Crippen LogP contribution in [0.2, 0.25) is 0 Å². The second-order valence-electron chi connectivity index (χ2n) is 7.06. The molecule has 0 aromatic carbocycles. The summed E-state index contributed by atoms with van der Waals surface area (Å²) in [6, 6.07) is -0.103. The Labute approximate surface area is 145 Å². The van der Waals surface area contributed by atoms with Crippen molar-refractivity contribution in [2.75, 3.05) is 13.2 Å². The number of fused-ring (bicyclic) bond motifs is 2. The summed E-state index contributed by atoms with van der Waals surface area (Å²) in [4.78, 5) is 8.88. The molecule has 4 atom stereocenters. The number of hydrogen-bond acceptors (Lipinski definition) is 8. The van der Waals surface area contributed by atoms with Gasteiger partial charge in [-0.25, -0.2) is 14.6 Å². The first-order valence-corrected chi connectivity index (χ1v) is 8.54. The van der Waals surface area contributed by atoms with Crippen LogP contribution in [0.5, 0.6) is 0 Å². The lowest BCUT2D eigenvalue weighted by Gasteiger charge is -2.23. The first-order chi connectivity index (χ1) is 11.9. The lowest BCUT2D eigenvalue weighted by atomic mass is 10.2. The first-order valence-electron chi connectivity index (χ1n) is 8.54. The van der Waals surface area contributed by atoms with Crippen molar-refractivity contribution in [3.8, 4) is 0 Å². The Hall–Kier alpha value is -1.68. The number of nitrogens with zero attached hydrogens (tertiary/aromatic N) is 5. The van der Waals surface area contributed by atoms with Gasteiger partial charge in [0.15, 0.2) is 17.0 Å². The molecule has 1 aliphatic heterocycles. The first kappa shape index (κ1) is 16.8. The summed E-state index contributed by atoms with van der Waals surface area (Å²) in [5, 5.41) is 17.7. The second kappa shape index (κ2) is 5.94. The van der Waals surface area contributed by atoms with E-state index in [1.807, 2.05) is 32.4 Å².